The van der Waals surface area contributed by atoms with Gasteiger partial charge in [-0.05, 0) is 47.9 Å². The average Bonchev–Trinajstić information content (AvgIpc) is 2.83. The van der Waals surface area contributed by atoms with Crippen LogP contribution < -0.4 is 10.6 Å². The molecule has 0 saturated carbocycles. The predicted molar refractivity (Wildman–Crippen MR) is 138 cm³/mol. The molecule has 0 aliphatic heterocycles. The number of nitrogens with zero attached hydrogens (tertiary/aromatic N) is 3. The van der Waals surface area contributed by atoms with Crippen LogP contribution in [-0.4, -0.2) is 66.8 Å². The lowest BCUT2D eigenvalue weighted by molar-refractivity contribution is 0.284. The van der Waals surface area contributed by atoms with Gasteiger partial charge < -0.3 is 15.7 Å². The Bertz CT molecular complexity index is 1920. The van der Waals surface area contributed by atoms with Gasteiger partial charge in [0.25, 0.3) is 10.1 Å². The van der Waals surface area contributed by atoms with E-state index in [4.69, 9.17) is 4.55 Å². The number of aromatic hydroxyl groups is 1. The van der Waals surface area contributed by atoms with Gasteiger partial charge in [-0.2, -0.15) is 36.2 Å². The van der Waals surface area contributed by atoms with Crippen molar-refractivity contribution in [3.05, 3.63) is 60.7 Å². The zero-order valence-electron chi connectivity index (χ0n) is 19.8. The molecule has 40 heavy (non-hydrogen) atoms. The molecule has 0 saturated heterocycles. The molecule has 0 aliphatic rings. The Morgan fingerprint density at radius 3 is 1.98 bits per heavy atom. The molecule has 19 heteroatoms. The number of sulfone groups is 1. The summed E-state index contributed by atoms with van der Waals surface area (Å²) in [6.45, 7) is -0.788. The van der Waals surface area contributed by atoms with Gasteiger partial charge in [0, 0.05) is 22.8 Å². The van der Waals surface area contributed by atoms with E-state index in [9.17, 15) is 39.3 Å². The Balaban J connectivity index is 1.50. The monoisotopic (exact) mass is 615 g/mol. The Morgan fingerprint density at radius 2 is 1.38 bits per heavy atom. The summed E-state index contributed by atoms with van der Waals surface area (Å²) in [5.41, 5.74) is 0.543. The number of halogens is 1. The molecule has 0 bridgehead atoms. The quantitative estimate of drug-likeness (QED) is 0.161. The van der Waals surface area contributed by atoms with E-state index < -0.39 is 59.4 Å². The number of aromatic nitrogens is 3. The van der Waals surface area contributed by atoms with Crippen molar-refractivity contribution < 1.29 is 48.0 Å². The minimum absolute atomic E-state index is 0.176. The van der Waals surface area contributed by atoms with Crippen LogP contribution in [0.1, 0.15) is 0 Å². The van der Waals surface area contributed by atoms with Gasteiger partial charge in [0.05, 0.1) is 22.2 Å². The highest BCUT2D eigenvalue weighted by molar-refractivity contribution is 7.91. The van der Waals surface area contributed by atoms with Crippen molar-refractivity contribution in [3.63, 3.8) is 0 Å². The van der Waals surface area contributed by atoms with Gasteiger partial charge in [-0.3, -0.25) is 9.11 Å². The van der Waals surface area contributed by atoms with Crippen molar-refractivity contribution in [2.75, 3.05) is 23.0 Å². The molecule has 0 amide bonds. The number of phenolic OH excluding ortho intramolecular Hbond substituents is 1. The number of benzene rings is 3. The zero-order chi connectivity index (χ0) is 29.3. The third-order valence-corrected chi connectivity index (χ3v) is 8.11. The smallest absolute Gasteiger partial charge is 0.397 e. The minimum Gasteiger partial charge on any atom is -0.507 e. The van der Waals surface area contributed by atoms with Crippen LogP contribution in [0.5, 0.6) is 5.75 Å². The summed E-state index contributed by atoms with van der Waals surface area (Å²) >= 11 is 0. The number of fused-ring (bicyclic) bond motifs is 1. The van der Waals surface area contributed by atoms with E-state index in [1.165, 1.54) is 42.5 Å². The Labute approximate surface area is 226 Å². The molecule has 4 rings (SSSR count). The van der Waals surface area contributed by atoms with Gasteiger partial charge in [0.2, 0.25) is 11.9 Å². The Kier molecular flexibility index (Phi) is 7.87. The summed E-state index contributed by atoms with van der Waals surface area (Å²) in [6, 6.07) is 11.4. The van der Waals surface area contributed by atoms with Crippen LogP contribution in [0.15, 0.2) is 64.4 Å². The van der Waals surface area contributed by atoms with Gasteiger partial charge >= 0.3 is 16.5 Å². The Hall–Kier alpha value is -4.01. The van der Waals surface area contributed by atoms with E-state index >= 15 is 0 Å². The number of rotatable bonds is 10. The molecule has 0 spiro atoms. The molecule has 0 unspecified atom stereocenters. The van der Waals surface area contributed by atoms with Crippen LogP contribution in [0.4, 0.5) is 27.7 Å². The molecule has 0 atom stereocenters. The molecule has 5 N–H and O–H groups in total. The summed E-state index contributed by atoms with van der Waals surface area (Å²) < 4.78 is 104. The molecule has 4 aromatic rings. The minimum atomic E-state index is -4.78. The summed E-state index contributed by atoms with van der Waals surface area (Å²) in [6.07, 6.45) is -1.17. The first-order chi connectivity index (χ1) is 18.6. The molecule has 0 aliphatic carbocycles. The van der Waals surface area contributed by atoms with Crippen molar-refractivity contribution >= 4 is 64.4 Å². The number of hydrogen-bond acceptors (Lipinski definition) is 13. The van der Waals surface area contributed by atoms with E-state index in [1.54, 1.807) is 0 Å². The molecule has 1 aromatic heterocycles. The second kappa shape index (κ2) is 10.9. The molecule has 15 nitrogen and oxygen atoms in total. The first-order valence-corrected chi connectivity index (χ1v) is 15.2. The van der Waals surface area contributed by atoms with Gasteiger partial charge in [-0.15, -0.1) is 0 Å². The van der Waals surface area contributed by atoms with Gasteiger partial charge in [-0.25, -0.2) is 12.6 Å². The van der Waals surface area contributed by atoms with Crippen LogP contribution in [0.2, 0.25) is 0 Å². The second-order valence-electron chi connectivity index (χ2n) is 7.95. The van der Waals surface area contributed by atoms with Crippen LogP contribution in [0.3, 0.4) is 0 Å². The topological polar surface area (TPSA) is 235 Å². The fourth-order valence-electron chi connectivity index (χ4n) is 3.37. The number of hydrogen-bond donors (Lipinski definition) is 5. The third kappa shape index (κ3) is 7.34. The van der Waals surface area contributed by atoms with Crippen LogP contribution >= 0.6 is 0 Å². The van der Waals surface area contributed by atoms with Crippen LogP contribution in [-0.2, 0) is 34.5 Å². The fraction of sp³-hybridized carbons (Fsp3) is 0.0952. The summed E-state index contributed by atoms with van der Waals surface area (Å²) in [5, 5.41) is 16.1. The molecular formula is C21H18FN5O10S3. The third-order valence-electron chi connectivity index (χ3n) is 5.12. The van der Waals surface area contributed by atoms with Crippen molar-refractivity contribution in [2.24, 2.45) is 0 Å². The second-order valence-corrected chi connectivity index (χ2v) is 12.6. The number of phenols is 1. The molecule has 3 aromatic carbocycles. The molecule has 0 radical (unpaired) electrons. The summed E-state index contributed by atoms with van der Waals surface area (Å²) in [7, 11) is -13.3. The highest BCUT2D eigenvalue weighted by Crippen LogP contribution is 2.31. The number of nitrogens with one attached hydrogen (secondary N) is 2. The van der Waals surface area contributed by atoms with Crippen molar-refractivity contribution in [3.8, 4) is 5.75 Å². The van der Waals surface area contributed by atoms with E-state index in [-0.39, 0.29) is 33.6 Å². The van der Waals surface area contributed by atoms with Gasteiger partial charge in [0.1, 0.15) is 5.75 Å². The van der Waals surface area contributed by atoms with Crippen molar-refractivity contribution in [1.29, 1.82) is 0 Å². The highest BCUT2D eigenvalue weighted by atomic mass is 32.3. The number of anilines is 4. The van der Waals surface area contributed by atoms with E-state index in [2.05, 4.69) is 29.8 Å². The van der Waals surface area contributed by atoms with Crippen molar-refractivity contribution in [2.45, 2.75) is 9.79 Å². The fourth-order valence-corrected chi connectivity index (χ4v) is 5.40. The lowest BCUT2D eigenvalue weighted by atomic mass is 10.1. The Morgan fingerprint density at radius 1 is 0.775 bits per heavy atom. The average molecular weight is 616 g/mol. The molecule has 212 valence electrons. The molecular weight excluding hydrogens is 597 g/mol. The standard InChI is InChI=1S/C21H18FN5O10S3/c22-19-25-20(23-13-3-5-15(6-4-13)38(29,30)8-7-37-40(34,35)36)27-21(26-19)24-14-2-1-12-9-16(39(31,32)33)11-18(28)17(12)10-14/h1-6,9-11,28H,7-8H2,(H,31,32,33)(H,34,35,36)(H2,23,24,25,26,27). The van der Waals surface area contributed by atoms with E-state index in [1.807, 2.05) is 0 Å². The maximum absolute atomic E-state index is 14.1. The van der Waals surface area contributed by atoms with Crippen LogP contribution in [0, 0.1) is 6.08 Å². The lowest BCUT2D eigenvalue weighted by Gasteiger charge is -2.10. The summed E-state index contributed by atoms with van der Waals surface area (Å²) in [4.78, 5) is 10.4. The van der Waals surface area contributed by atoms with E-state index in [0.29, 0.717) is 5.39 Å². The zero-order valence-corrected chi connectivity index (χ0v) is 22.2. The first kappa shape index (κ1) is 29.0. The predicted octanol–water partition coefficient (Wildman–Crippen LogP) is 2.20. The normalized spacial score (nSPS) is 12.4. The lowest BCUT2D eigenvalue weighted by Crippen LogP contribution is -2.15. The first-order valence-electron chi connectivity index (χ1n) is 10.7. The van der Waals surface area contributed by atoms with Crippen LogP contribution in [0.25, 0.3) is 10.8 Å². The van der Waals surface area contributed by atoms with Gasteiger partial charge in [0.15, 0.2) is 9.84 Å². The molecule has 1 heterocycles. The summed E-state index contributed by atoms with van der Waals surface area (Å²) in [5.74, 6) is -1.66. The van der Waals surface area contributed by atoms with E-state index in [0.717, 1.165) is 12.1 Å². The molecule has 0 fully saturated rings. The van der Waals surface area contributed by atoms with Gasteiger partial charge in [-0.1, -0.05) is 6.07 Å². The SMILES string of the molecule is O=S(=O)(O)OCCS(=O)(=O)c1ccc(Nc2nc(F)nc(Nc3ccc4cc(S(=O)(=O)O)cc(O)c4c3)n2)cc1. The van der Waals surface area contributed by atoms with Crippen molar-refractivity contribution in [1.82, 2.24) is 15.0 Å². The highest BCUT2D eigenvalue weighted by Gasteiger charge is 2.17. The maximum atomic E-state index is 14.1. The maximum Gasteiger partial charge on any atom is 0.397 e. The largest absolute Gasteiger partial charge is 0.507 e.